The largest absolute Gasteiger partial charge is 0.109 e. The lowest BCUT2D eigenvalue weighted by Crippen LogP contribution is -1.93. The first-order valence-electron chi connectivity index (χ1n) is 6.46. The first kappa shape index (κ1) is 13.6. The van der Waals surface area contributed by atoms with Crippen molar-refractivity contribution in [1.82, 2.24) is 0 Å². The van der Waals surface area contributed by atoms with Crippen molar-refractivity contribution in [3.05, 3.63) is 95.5 Å². The quantitative estimate of drug-likeness (QED) is 0.703. The van der Waals surface area contributed by atoms with Crippen LogP contribution in [0.5, 0.6) is 0 Å². The summed E-state index contributed by atoms with van der Waals surface area (Å²) in [6.07, 6.45) is 8.73. The molecule has 0 aliphatic heterocycles. The fourth-order valence-electron chi connectivity index (χ4n) is 1.82. The molecule has 0 aromatic heterocycles. The van der Waals surface area contributed by atoms with Gasteiger partial charge in [0.1, 0.15) is 0 Å². The third kappa shape index (κ3) is 3.81. The van der Waals surface area contributed by atoms with E-state index in [9.17, 15) is 0 Å². The average Bonchev–Trinajstić information content (AvgIpc) is 2.51. The zero-order chi connectivity index (χ0) is 13.6. The van der Waals surface area contributed by atoms with Crippen LogP contribution in [0.1, 0.15) is 0 Å². The number of hydrogen-bond donors (Lipinski definition) is 0. The van der Waals surface area contributed by atoms with Gasteiger partial charge < -0.3 is 0 Å². The highest BCUT2D eigenvalue weighted by atomic mass is 32.2. The summed E-state index contributed by atoms with van der Waals surface area (Å²) in [7, 11) is 0. The fraction of sp³-hybridized carbons (Fsp3) is 0. The minimum atomic E-state index is 1.27. The molecule has 0 N–H and O–H groups in total. The van der Waals surface area contributed by atoms with E-state index in [1.54, 1.807) is 23.5 Å². The van der Waals surface area contributed by atoms with Gasteiger partial charge in [-0.05, 0) is 24.3 Å². The summed E-state index contributed by atoms with van der Waals surface area (Å²) in [5.41, 5.74) is 0. The van der Waals surface area contributed by atoms with Gasteiger partial charge in [-0.2, -0.15) is 0 Å². The summed E-state index contributed by atoms with van der Waals surface area (Å²) in [4.78, 5) is 2.55. The molecule has 2 aromatic carbocycles. The van der Waals surface area contributed by atoms with E-state index in [4.69, 9.17) is 0 Å². The van der Waals surface area contributed by atoms with Crippen LogP contribution < -0.4 is 0 Å². The number of rotatable bonds is 4. The van der Waals surface area contributed by atoms with Gasteiger partial charge in [0.15, 0.2) is 0 Å². The first-order chi connectivity index (χ1) is 9.90. The Morgan fingerprint density at radius 2 is 0.800 bits per heavy atom. The fourth-order valence-corrected chi connectivity index (χ4v) is 3.50. The van der Waals surface area contributed by atoms with Gasteiger partial charge in [0.05, 0.1) is 10.5 Å². The summed E-state index contributed by atoms with van der Waals surface area (Å²) in [6.45, 7) is 0. The van der Waals surface area contributed by atoms with Gasteiger partial charge in [0.2, 0.25) is 0 Å². The van der Waals surface area contributed by atoms with Crippen LogP contribution >= 0.6 is 23.5 Å². The molecule has 0 saturated carbocycles. The van der Waals surface area contributed by atoms with Crippen molar-refractivity contribution in [1.29, 1.82) is 0 Å². The highest BCUT2D eigenvalue weighted by Gasteiger charge is 2.13. The number of thioether (sulfide) groups is 2. The molecule has 2 radical (unpaired) electrons. The summed E-state index contributed by atoms with van der Waals surface area (Å²) >= 11 is 3.59. The Kier molecular flexibility index (Phi) is 4.67. The van der Waals surface area contributed by atoms with Crippen molar-refractivity contribution in [3.8, 4) is 0 Å². The normalized spacial score (nSPS) is 15.6. The second kappa shape index (κ2) is 6.87. The van der Waals surface area contributed by atoms with Crippen molar-refractivity contribution in [2.24, 2.45) is 0 Å². The highest BCUT2D eigenvalue weighted by molar-refractivity contribution is 8.03. The molecule has 1 aliphatic rings. The van der Waals surface area contributed by atoms with Gasteiger partial charge in [0, 0.05) is 9.79 Å². The molecule has 20 heavy (non-hydrogen) atoms. The summed E-state index contributed by atoms with van der Waals surface area (Å²) in [5, 5.41) is 2.54. The van der Waals surface area contributed by atoms with E-state index in [1.807, 2.05) is 12.1 Å². The minimum absolute atomic E-state index is 1.27. The van der Waals surface area contributed by atoms with E-state index in [1.165, 1.54) is 20.3 Å². The lowest BCUT2D eigenvalue weighted by molar-refractivity contribution is 1.42. The molecule has 2 heteroatoms. The summed E-state index contributed by atoms with van der Waals surface area (Å²) < 4.78 is 0. The second-order valence-electron chi connectivity index (χ2n) is 4.30. The van der Waals surface area contributed by atoms with Gasteiger partial charge in [-0.3, -0.25) is 0 Å². The van der Waals surface area contributed by atoms with Gasteiger partial charge in [0.25, 0.3) is 0 Å². The van der Waals surface area contributed by atoms with Gasteiger partial charge in [-0.15, -0.1) is 23.5 Å². The van der Waals surface area contributed by atoms with Crippen LogP contribution in [0.25, 0.3) is 0 Å². The van der Waals surface area contributed by atoms with Crippen LogP contribution in [-0.2, 0) is 0 Å². The monoisotopic (exact) mass is 294 g/mol. The van der Waals surface area contributed by atoms with Gasteiger partial charge >= 0.3 is 0 Å². The molecule has 0 nitrogen and oxygen atoms in total. The summed E-state index contributed by atoms with van der Waals surface area (Å²) in [5.74, 6) is 0. The maximum atomic E-state index is 2.18. The topological polar surface area (TPSA) is 0 Å². The molecule has 0 fully saturated rings. The van der Waals surface area contributed by atoms with Crippen molar-refractivity contribution in [2.45, 2.75) is 9.79 Å². The maximum Gasteiger partial charge on any atom is 0.0787 e. The second-order valence-corrected chi connectivity index (χ2v) is 6.60. The van der Waals surface area contributed by atoms with Crippen LogP contribution in [0.15, 0.2) is 94.8 Å². The standard InChI is InChI=1S/C18H14S2/c1-3-7-15(8-4-1)19-17-11-13-18(14-12-17)20-16-9-5-2-6-10-16/h1-14H. The molecule has 0 amide bonds. The Morgan fingerprint density at radius 1 is 0.450 bits per heavy atom. The number of benzene rings is 2. The Bertz CT molecular complexity index is 520. The predicted octanol–water partition coefficient (Wildman–Crippen LogP) is 5.76. The van der Waals surface area contributed by atoms with Crippen LogP contribution in [-0.4, -0.2) is 0 Å². The maximum absolute atomic E-state index is 2.18. The van der Waals surface area contributed by atoms with Crippen LogP contribution in [0.4, 0.5) is 0 Å². The molecule has 98 valence electrons. The minimum Gasteiger partial charge on any atom is -0.109 e. The van der Waals surface area contributed by atoms with Crippen LogP contribution in [0, 0.1) is 10.5 Å². The number of hydrogen-bond acceptors (Lipinski definition) is 2. The lowest BCUT2D eigenvalue weighted by Gasteiger charge is -2.15. The third-order valence-electron chi connectivity index (χ3n) is 2.78. The van der Waals surface area contributed by atoms with E-state index < -0.39 is 0 Å². The molecule has 0 saturated heterocycles. The first-order valence-corrected chi connectivity index (χ1v) is 8.09. The van der Waals surface area contributed by atoms with E-state index in [2.05, 4.69) is 72.8 Å². The van der Waals surface area contributed by atoms with Crippen LogP contribution in [0.3, 0.4) is 0 Å². The zero-order valence-electron chi connectivity index (χ0n) is 10.9. The molecule has 0 unspecified atom stereocenters. The Morgan fingerprint density at radius 3 is 1.15 bits per heavy atom. The van der Waals surface area contributed by atoms with Crippen molar-refractivity contribution < 1.29 is 0 Å². The zero-order valence-corrected chi connectivity index (χ0v) is 12.5. The molecule has 1 aliphatic carbocycles. The smallest absolute Gasteiger partial charge is 0.0787 e. The SMILES string of the molecule is C1=C[C](Sc2ccccc2)C=C[C]1Sc1ccccc1. The van der Waals surface area contributed by atoms with Gasteiger partial charge in [-0.25, -0.2) is 0 Å². The van der Waals surface area contributed by atoms with E-state index in [0.717, 1.165) is 0 Å². The highest BCUT2D eigenvalue weighted by Crippen LogP contribution is 2.38. The van der Waals surface area contributed by atoms with Gasteiger partial charge in [-0.1, -0.05) is 60.7 Å². The average molecular weight is 294 g/mol. The molecule has 2 aromatic rings. The molecule has 0 bridgehead atoms. The molecule has 0 atom stereocenters. The van der Waals surface area contributed by atoms with E-state index in [-0.39, 0.29) is 0 Å². The molecular formula is C18H14S2. The van der Waals surface area contributed by atoms with E-state index in [0.29, 0.717) is 0 Å². The molecular weight excluding hydrogens is 280 g/mol. The molecule has 0 heterocycles. The Hall–Kier alpha value is -1.38. The van der Waals surface area contributed by atoms with Crippen molar-refractivity contribution >= 4 is 23.5 Å². The summed E-state index contributed by atoms with van der Waals surface area (Å²) in [6, 6.07) is 20.9. The van der Waals surface area contributed by atoms with Crippen LogP contribution in [0.2, 0.25) is 0 Å². The molecule has 3 rings (SSSR count). The molecule has 0 spiro atoms. The van der Waals surface area contributed by atoms with Crippen molar-refractivity contribution in [2.75, 3.05) is 0 Å². The Labute approximate surface area is 129 Å². The van der Waals surface area contributed by atoms with Crippen molar-refractivity contribution in [3.63, 3.8) is 0 Å². The lowest BCUT2D eigenvalue weighted by atomic mass is 10.2. The predicted molar refractivity (Wildman–Crippen MR) is 89.4 cm³/mol. The Balaban J connectivity index is 1.57. The van der Waals surface area contributed by atoms with E-state index >= 15 is 0 Å². The third-order valence-corrected chi connectivity index (χ3v) is 4.81.